The summed E-state index contributed by atoms with van der Waals surface area (Å²) in [5, 5.41) is 6.19. The lowest BCUT2D eigenvalue weighted by molar-refractivity contribution is 0.308. The maximum Gasteiger partial charge on any atom is 0.211 e. The molecule has 1 rings (SSSR count). The minimum atomic E-state index is -3.03. The molecule has 0 amide bonds. The van der Waals surface area contributed by atoms with Crippen LogP contribution in [0.2, 0.25) is 0 Å². The minimum absolute atomic E-state index is 0.296. The second-order valence-corrected chi connectivity index (χ2v) is 5.89. The predicted octanol–water partition coefficient (Wildman–Crippen LogP) is -0.795. The van der Waals surface area contributed by atoms with E-state index in [1.165, 1.54) is 10.6 Å². The Morgan fingerprint density at radius 2 is 1.94 bits per heavy atom. The fourth-order valence-electron chi connectivity index (χ4n) is 1.77. The number of sulfonamides is 1. The van der Waals surface area contributed by atoms with Gasteiger partial charge < -0.3 is 10.6 Å². The van der Waals surface area contributed by atoms with Gasteiger partial charge in [0.1, 0.15) is 0 Å². The Morgan fingerprint density at radius 1 is 1.38 bits per heavy atom. The van der Waals surface area contributed by atoms with Gasteiger partial charge in [-0.15, -0.1) is 0 Å². The Balaban J connectivity index is 2.44. The first kappa shape index (κ1) is 13.2. The highest BCUT2D eigenvalue weighted by Crippen LogP contribution is 2.12. The molecule has 0 aromatic carbocycles. The second kappa shape index (κ2) is 5.49. The standard InChI is InChI=1S/C9H20N4O2S/c1-10-9(11-2)12-8-4-6-13(7-5-8)16(3,14)15/h8H,4-7H2,1-3H3,(H2,10,11,12). The zero-order valence-corrected chi connectivity index (χ0v) is 10.8. The molecule has 0 aromatic heterocycles. The van der Waals surface area contributed by atoms with Gasteiger partial charge in [0, 0.05) is 33.2 Å². The summed E-state index contributed by atoms with van der Waals surface area (Å²) in [6, 6.07) is 0.296. The number of nitrogens with zero attached hydrogens (tertiary/aromatic N) is 2. The number of rotatable bonds is 2. The van der Waals surface area contributed by atoms with Crippen LogP contribution in [0.3, 0.4) is 0 Å². The summed E-state index contributed by atoms with van der Waals surface area (Å²) in [5.74, 6) is 0.748. The number of hydrogen-bond acceptors (Lipinski definition) is 3. The van der Waals surface area contributed by atoms with Gasteiger partial charge in [-0.05, 0) is 12.8 Å². The molecule has 0 unspecified atom stereocenters. The molecular weight excluding hydrogens is 228 g/mol. The Hall–Kier alpha value is -0.820. The predicted molar refractivity (Wildman–Crippen MR) is 65.0 cm³/mol. The molecule has 0 spiro atoms. The third-order valence-electron chi connectivity index (χ3n) is 2.72. The number of piperidine rings is 1. The van der Waals surface area contributed by atoms with Gasteiger partial charge in [-0.3, -0.25) is 4.99 Å². The fourth-order valence-corrected chi connectivity index (χ4v) is 2.65. The number of aliphatic imine (C=N–C) groups is 1. The largest absolute Gasteiger partial charge is 0.359 e. The van der Waals surface area contributed by atoms with Crippen molar-refractivity contribution in [1.82, 2.24) is 14.9 Å². The first-order valence-corrected chi connectivity index (χ1v) is 7.18. The smallest absolute Gasteiger partial charge is 0.211 e. The molecule has 0 saturated carbocycles. The van der Waals surface area contributed by atoms with Crippen LogP contribution >= 0.6 is 0 Å². The number of nitrogens with one attached hydrogen (secondary N) is 2. The van der Waals surface area contributed by atoms with Gasteiger partial charge in [-0.2, -0.15) is 0 Å². The van der Waals surface area contributed by atoms with Crippen LogP contribution in [0.25, 0.3) is 0 Å². The maximum absolute atomic E-state index is 11.3. The average Bonchev–Trinajstić information content (AvgIpc) is 2.25. The Kier molecular flexibility index (Phi) is 4.55. The Labute approximate surface area is 97.2 Å². The van der Waals surface area contributed by atoms with Crippen LogP contribution in [0, 0.1) is 0 Å². The molecule has 1 saturated heterocycles. The third-order valence-corrected chi connectivity index (χ3v) is 4.03. The third kappa shape index (κ3) is 3.64. The monoisotopic (exact) mass is 248 g/mol. The van der Waals surface area contributed by atoms with Crippen LogP contribution in [0.4, 0.5) is 0 Å². The zero-order valence-electron chi connectivity index (χ0n) is 10.0. The van der Waals surface area contributed by atoms with E-state index in [9.17, 15) is 8.42 Å². The molecule has 94 valence electrons. The highest BCUT2D eigenvalue weighted by atomic mass is 32.2. The lowest BCUT2D eigenvalue weighted by atomic mass is 10.1. The molecule has 0 atom stereocenters. The Bertz CT molecular complexity index is 345. The SMILES string of the molecule is CN=C(NC)NC1CCN(S(C)(=O)=O)CC1. The highest BCUT2D eigenvalue weighted by molar-refractivity contribution is 7.88. The van der Waals surface area contributed by atoms with E-state index < -0.39 is 10.0 Å². The summed E-state index contributed by atoms with van der Waals surface area (Å²) in [4.78, 5) is 4.03. The topological polar surface area (TPSA) is 73.8 Å². The molecular formula is C9H20N4O2S. The van der Waals surface area contributed by atoms with E-state index in [2.05, 4.69) is 15.6 Å². The summed E-state index contributed by atoms with van der Waals surface area (Å²) in [6.45, 7) is 1.16. The van der Waals surface area contributed by atoms with E-state index in [4.69, 9.17) is 0 Å². The molecule has 7 heteroatoms. The zero-order chi connectivity index (χ0) is 12.2. The summed E-state index contributed by atoms with van der Waals surface area (Å²) in [6.07, 6.45) is 2.88. The molecule has 0 bridgehead atoms. The van der Waals surface area contributed by atoms with E-state index in [0.717, 1.165) is 18.8 Å². The van der Waals surface area contributed by atoms with Gasteiger partial charge in [0.15, 0.2) is 5.96 Å². The lowest BCUT2D eigenvalue weighted by Crippen LogP contribution is -2.48. The van der Waals surface area contributed by atoms with Crippen molar-refractivity contribution < 1.29 is 8.42 Å². The van der Waals surface area contributed by atoms with Crippen molar-refractivity contribution in [2.45, 2.75) is 18.9 Å². The van der Waals surface area contributed by atoms with Crippen molar-refractivity contribution in [2.75, 3.05) is 33.4 Å². The summed E-state index contributed by atoms with van der Waals surface area (Å²) in [7, 11) is 0.490. The summed E-state index contributed by atoms with van der Waals surface area (Å²) in [5.41, 5.74) is 0. The fraction of sp³-hybridized carbons (Fsp3) is 0.889. The molecule has 1 aliphatic rings. The van der Waals surface area contributed by atoms with Gasteiger partial charge in [-0.25, -0.2) is 12.7 Å². The van der Waals surface area contributed by atoms with Gasteiger partial charge in [-0.1, -0.05) is 0 Å². The van der Waals surface area contributed by atoms with Crippen molar-refractivity contribution in [2.24, 2.45) is 4.99 Å². The van der Waals surface area contributed by atoms with Crippen LogP contribution in [-0.2, 0) is 10.0 Å². The van der Waals surface area contributed by atoms with E-state index in [0.29, 0.717) is 19.1 Å². The minimum Gasteiger partial charge on any atom is -0.359 e. The van der Waals surface area contributed by atoms with Crippen molar-refractivity contribution >= 4 is 16.0 Å². The summed E-state index contributed by atoms with van der Waals surface area (Å²) < 4.78 is 24.1. The molecule has 16 heavy (non-hydrogen) atoms. The van der Waals surface area contributed by atoms with Gasteiger partial charge >= 0.3 is 0 Å². The van der Waals surface area contributed by atoms with Gasteiger partial charge in [0.2, 0.25) is 10.0 Å². The van der Waals surface area contributed by atoms with Crippen molar-refractivity contribution in [3.63, 3.8) is 0 Å². The van der Waals surface area contributed by atoms with Crippen LogP contribution in [0.1, 0.15) is 12.8 Å². The Morgan fingerprint density at radius 3 is 2.31 bits per heavy atom. The second-order valence-electron chi connectivity index (χ2n) is 3.90. The lowest BCUT2D eigenvalue weighted by Gasteiger charge is -2.31. The van der Waals surface area contributed by atoms with E-state index in [1.54, 1.807) is 14.1 Å². The molecule has 6 nitrogen and oxygen atoms in total. The van der Waals surface area contributed by atoms with Gasteiger partial charge in [0.25, 0.3) is 0 Å². The first-order chi connectivity index (χ1) is 7.47. The normalized spacial score (nSPS) is 20.8. The number of guanidine groups is 1. The molecule has 0 radical (unpaired) electrons. The molecule has 0 aromatic rings. The maximum atomic E-state index is 11.3. The quantitative estimate of drug-likeness (QED) is 0.496. The molecule has 1 aliphatic heterocycles. The van der Waals surface area contributed by atoms with Crippen LogP contribution in [0.15, 0.2) is 4.99 Å². The highest BCUT2D eigenvalue weighted by Gasteiger charge is 2.24. The van der Waals surface area contributed by atoms with Gasteiger partial charge in [0.05, 0.1) is 6.26 Å². The van der Waals surface area contributed by atoms with Crippen molar-refractivity contribution in [1.29, 1.82) is 0 Å². The van der Waals surface area contributed by atoms with Crippen LogP contribution in [0.5, 0.6) is 0 Å². The van der Waals surface area contributed by atoms with Crippen LogP contribution in [-0.4, -0.2) is 58.2 Å². The number of hydrogen-bond donors (Lipinski definition) is 2. The molecule has 2 N–H and O–H groups in total. The molecule has 0 aliphatic carbocycles. The van der Waals surface area contributed by atoms with E-state index >= 15 is 0 Å². The first-order valence-electron chi connectivity index (χ1n) is 5.33. The summed E-state index contributed by atoms with van der Waals surface area (Å²) >= 11 is 0. The van der Waals surface area contributed by atoms with Crippen molar-refractivity contribution in [3.05, 3.63) is 0 Å². The van der Waals surface area contributed by atoms with Crippen LogP contribution < -0.4 is 10.6 Å². The molecule has 1 fully saturated rings. The van der Waals surface area contributed by atoms with E-state index in [-0.39, 0.29) is 0 Å². The van der Waals surface area contributed by atoms with Crippen molar-refractivity contribution in [3.8, 4) is 0 Å². The average molecular weight is 248 g/mol. The molecule has 1 heterocycles. The van der Waals surface area contributed by atoms with E-state index in [1.807, 2.05) is 0 Å².